The SMILES string of the molecule is Nc1ccn(C[C@@H](CO)OCP(=O)(O)O)c(=O)n1.O=P(O)(O)OP(=O)(O)O. The van der Waals surface area contributed by atoms with Gasteiger partial charge in [0, 0.05) is 6.20 Å². The third kappa shape index (κ3) is 14.7. The van der Waals surface area contributed by atoms with Crippen LogP contribution in [0.1, 0.15) is 0 Å². The largest absolute Gasteiger partial charge is 0.478 e. The standard InChI is InChI=1S/C8H14N3O6P.H4O7P2/c9-7-1-2-11(8(13)10-7)3-6(4-12)17-5-18(14,15)16;1-8(2,3)7-9(4,5)6/h1-2,6,12H,3-5H2,(H2,9,10,13)(H2,14,15,16);(H2,1,2,3)(H2,4,5,6)/t6-;/m0./s1. The zero-order valence-electron chi connectivity index (χ0n) is 13.2. The van der Waals surface area contributed by atoms with E-state index >= 15 is 0 Å². The summed E-state index contributed by atoms with van der Waals surface area (Å²) in [6.45, 7) is -0.570. The smallest absolute Gasteiger partial charge is 0.394 e. The summed E-state index contributed by atoms with van der Waals surface area (Å²) >= 11 is 0. The number of aliphatic hydroxyl groups is 1. The molecule has 0 radical (unpaired) electrons. The third-order valence-electron chi connectivity index (χ3n) is 2.19. The van der Waals surface area contributed by atoms with Crippen LogP contribution in [0.4, 0.5) is 5.82 Å². The second kappa shape index (κ2) is 10.5. The maximum atomic E-state index is 11.4. The lowest BCUT2D eigenvalue weighted by Gasteiger charge is -2.16. The van der Waals surface area contributed by atoms with E-state index in [1.54, 1.807) is 0 Å². The molecule has 16 nitrogen and oxygen atoms in total. The Morgan fingerprint density at radius 1 is 1.11 bits per heavy atom. The Morgan fingerprint density at radius 3 is 1.96 bits per heavy atom. The minimum atomic E-state index is -5.05. The van der Waals surface area contributed by atoms with Crippen molar-refractivity contribution in [3.8, 4) is 0 Å². The van der Waals surface area contributed by atoms with Gasteiger partial charge in [0.2, 0.25) is 0 Å². The van der Waals surface area contributed by atoms with Gasteiger partial charge in [-0.15, -0.1) is 0 Å². The average molecular weight is 457 g/mol. The number of anilines is 1. The van der Waals surface area contributed by atoms with Gasteiger partial charge in [0.15, 0.2) is 0 Å². The lowest BCUT2D eigenvalue weighted by atomic mass is 10.3. The summed E-state index contributed by atoms with van der Waals surface area (Å²) in [4.78, 5) is 63.1. The number of aromatic nitrogens is 2. The van der Waals surface area contributed by atoms with Crippen molar-refractivity contribution in [2.45, 2.75) is 12.6 Å². The number of nitrogen functional groups attached to an aromatic ring is 1. The fourth-order valence-corrected chi connectivity index (χ4v) is 2.82. The van der Waals surface area contributed by atoms with Gasteiger partial charge in [-0.2, -0.15) is 9.29 Å². The molecule has 27 heavy (non-hydrogen) atoms. The van der Waals surface area contributed by atoms with Gasteiger partial charge < -0.3 is 44.9 Å². The molecule has 1 heterocycles. The van der Waals surface area contributed by atoms with Crippen LogP contribution in [-0.4, -0.2) is 63.1 Å². The first-order valence-electron chi connectivity index (χ1n) is 6.45. The topological polar surface area (TPSA) is 272 Å². The number of nitrogens with two attached hydrogens (primary N) is 1. The molecule has 0 saturated carbocycles. The van der Waals surface area contributed by atoms with Gasteiger partial charge >= 0.3 is 28.9 Å². The molecule has 1 atom stereocenters. The van der Waals surface area contributed by atoms with Crippen LogP contribution >= 0.6 is 23.2 Å². The molecule has 0 unspecified atom stereocenters. The number of hydrogen-bond donors (Lipinski definition) is 8. The van der Waals surface area contributed by atoms with Crippen LogP contribution in [0.5, 0.6) is 0 Å². The predicted octanol–water partition coefficient (Wildman–Crippen LogP) is -2.47. The van der Waals surface area contributed by atoms with E-state index < -0.39 is 48.0 Å². The summed E-state index contributed by atoms with van der Waals surface area (Å²) in [5.74, 6) is 0.0629. The van der Waals surface area contributed by atoms with Crippen LogP contribution in [0.15, 0.2) is 17.1 Å². The van der Waals surface area contributed by atoms with E-state index in [0.29, 0.717) is 0 Å². The zero-order chi connectivity index (χ0) is 21.5. The minimum absolute atomic E-state index is 0.0629. The van der Waals surface area contributed by atoms with Gasteiger partial charge in [-0.3, -0.25) is 9.13 Å². The number of nitrogens with zero attached hydrogens (tertiary/aromatic N) is 2. The van der Waals surface area contributed by atoms with Crippen molar-refractivity contribution in [3.05, 3.63) is 22.7 Å². The van der Waals surface area contributed by atoms with E-state index in [9.17, 15) is 18.5 Å². The summed E-state index contributed by atoms with van der Waals surface area (Å²) in [7, 11) is -14.4. The second-order valence-corrected chi connectivity index (χ2v) is 8.82. The Hall–Kier alpha value is -0.990. The highest BCUT2D eigenvalue weighted by molar-refractivity contribution is 7.60. The lowest BCUT2D eigenvalue weighted by Crippen LogP contribution is -2.32. The quantitative estimate of drug-likeness (QED) is 0.188. The van der Waals surface area contributed by atoms with Gasteiger partial charge in [0.1, 0.15) is 12.2 Å². The van der Waals surface area contributed by atoms with Crippen LogP contribution in [0.2, 0.25) is 0 Å². The zero-order valence-corrected chi connectivity index (χ0v) is 15.9. The number of hydrogen-bond acceptors (Lipinski definition) is 9. The van der Waals surface area contributed by atoms with Crippen molar-refractivity contribution in [1.29, 1.82) is 0 Å². The molecule has 0 amide bonds. The van der Waals surface area contributed by atoms with Gasteiger partial charge in [0.25, 0.3) is 0 Å². The summed E-state index contributed by atoms with van der Waals surface area (Å²) < 4.78 is 38.8. The van der Waals surface area contributed by atoms with E-state index in [-0.39, 0.29) is 12.4 Å². The first-order valence-corrected chi connectivity index (χ1v) is 11.3. The van der Waals surface area contributed by atoms with Gasteiger partial charge in [-0.1, -0.05) is 0 Å². The highest BCUT2D eigenvalue weighted by Crippen LogP contribution is 2.53. The average Bonchev–Trinajstić information content (AvgIpc) is 2.41. The minimum Gasteiger partial charge on any atom is -0.394 e. The molecule has 0 saturated heterocycles. The maximum Gasteiger partial charge on any atom is 0.478 e. The van der Waals surface area contributed by atoms with Gasteiger partial charge in [-0.25, -0.2) is 13.9 Å². The Labute approximate surface area is 150 Å². The van der Waals surface area contributed by atoms with E-state index in [1.807, 2.05) is 0 Å². The van der Waals surface area contributed by atoms with Crippen molar-refractivity contribution in [3.63, 3.8) is 0 Å². The van der Waals surface area contributed by atoms with E-state index in [0.717, 1.165) is 4.57 Å². The van der Waals surface area contributed by atoms with Crippen molar-refractivity contribution < 1.29 is 57.2 Å². The van der Waals surface area contributed by atoms with Crippen molar-refractivity contribution in [2.75, 3.05) is 18.7 Å². The Morgan fingerprint density at radius 2 is 1.63 bits per heavy atom. The summed E-state index contributed by atoms with van der Waals surface area (Å²) in [5, 5.41) is 8.99. The van der Waals surface area contributed by atoms with E-state index in [2.05, 4.69) is 9.29 Å². The summed E-state index contributed by atoms with van der Waals surface area (Å²) in [5.41, 5.74) is 4.67. The molecule has 158 valence electrons. The predicted molar refractivity (Wildman–Crippen MR) is 87.0 cm³/mol. The molecule has 1 aromatic rings. The van der Waals surface area contributed by atoms with Crippen molar-refractivity contribution in [1.82, 2.24) is 9.55 Å². The van der Waals surface area contributed by atoms with E-state index in [4.69, 9.17) is 44.9 Å². The highest BCUT2D eigenvalue weighted by Gasteiger charge is 2.28. The molecule has 0 aliphatic heterocycles. The summed E-state index contributed by atoms with van der Waals surface area (Å²) in [6, 6.07) is 1.39. The number of ether oxygens (including phenoxy) is 1. The monoisotopic (exact) mass is 457 g/mol. The first kappa shape index (κ1) is 26.0. The number of phosphoric acid groups is 2. The molecule has 0 fully saturated rings. The number of rotatable bonds is 8. The van der Waals surface area contributed by atoms with Gasteiger partial charge in [0.05, 0.1) is 19.3 Å². The summed E-state index contributed by atoms with van der Waals surface area (Å²) in [6.07, 6.45) is -0.385. The van der Waals surface area contributed by atoms with Crippen molar-refractivity contribution in [2.24, 2.45) is 0 Å². The fraction of sp³-hybridized carbons (Fsp3) is 0.500. The fourth-order valence-electron chi connectivity index (χ4n) is 1.30. The third-order valence-corrected chi connectivity index (χ3v) is 4.38. The molecule has 9 N–H and O–H groups in total. The molecular formula is C8H18N3O13P3. The first-order chi connectivity index (χ1) is 12.0. The number of aliphatic hydroxyl groups excluding tert-OH is 1. The van der Waals surface area contributed by atoms with Gasteiger partial charge in [-0.05, 0) is 6.07 Å². The van der Waals surface area contributed by atoms with E-state index in [1.165, 1.54) is 12.3 Å². The van der Waals surface area contributed by atoms with Crippen LogP contribution in [-0.2, 0) is 29.3 Å². The molecule has 0 spiro atoms. The Kier molecular flexibility index (Phi) is 10.1. The molecule has 0 aliphatic rings. The van der Waals surface area contributed by atoms with Crippen LogP contribution in [0.25, 0.3) is 0 Å². The van der Waals surface area contributed by atoms with Crippen LogP contribution < -0.4 is 11.4 Å². The highest BCUT2D eigenvalue weighted by atomic mass is 31.3. The molecule has 1 aromatic heterocycles. The molecule has 0 bridgehead atoms. The maximum absolute atomic E-state index is 11.4. The molecule has 19 heteroatoms. The molecular weight excluding hydrogens is 439 g/mol. The molecule has 0 aromatic carbocycles. The lowest BCUT2D eigenvalue weighted by molar-refractivity contribution is 0.0188. The normalized spacial score (nSPS) is 13.6. The van der Waals surface area contributed by atoms with Crippen LogP contribution in [0.3, 0.4) is 0 Å². The van der Waals surface area contributed by atoms with Crippen molar-refractivity contribution >= 4 is 29.1 Å². The molecule has 0 aliphatic carbocycles. The van der Waals surface area contributed by atoms with Crippen LogP contribution in [0, 0.1) is 0 Å². The Bertz CT molecular complexity index is 774. The second-order valence-electron chi connectivity index (χ2n) is 4.62. The Balaban J connectivity index is 0.000000636. The molecule has 1 rings (SSSR count).